The lowest BCUT2D eigenvalue weighted by atomic mass is 9.99. The summed E-state index contributed by atoms with van der Waals surface area (Å²) in [4.78, 5) is 2.22. The number of nitrogens with two attached hydrogens (primary N) is 1. The van der Waals surface area contributed by atoms with E-state index in [-0.39, 0.29) is 18.8 Å². The lowest BCUT2D eigenvalue weighted by molar-refractivity contribution is 0.0486. The fourth-order valence-corrected chi connectivity index (χ4v) is 2.87. The molecule has 1 heterocycles. The second-order valence-corrected chi connectivity index (χ2v) is 5.80. The molecule has 3 N–H and O–H groups in total. The molecule has 2 atom stereocenters. The Balaban J connectivity index is 1.95. The third kappa shape index (κ3) is 3.99. The first kappa shape index (κ1) is 15.9. The number of rotatable bonds is 5. The van der Waals surface area contributed by atoms with Gasteiger partial charge in [-0.15, -0.1) is 0 Å². The Morgan fingerprint density at radius 2 is 2.15 bits per heavy atom. The van der Waals surface area contributed by atoms with Gasteiger partial charge in [-0.05, 0) is 18.6 Å². The molecule has 0 bridgehead atoms. The number of aliphatic hydroxyl groups excluding tert-OH is 1. The molecule has 20 heavy (non-hydrogen) atoms. The number of β-amino-alcohol motifs (C(OH)–C–C–N with tert-alkyl or cyclic N) is 1. The van der Waals surface area contributed by atoms with Crippen molar-refractivity contribution in [2.45, 2.75) is 25.0 Å². The van der Waals surface area contributed by atoms with E-state index in [1.165, 1.54) is 0 Å². The number of ether oxygens (including phenoxy) is 1. The minimum absolute atomic E-state index is 0.121. The van der Waals surface area contributed by atoms with Gasteiger partial charge in [-0.2, -0.15) is 0 Å². The van der Waals surface area contributed by atoms with Gasteiger partial charge in [0.1, 0.15) is 11.9 Å². The van der Waals surface area contributed by atoms with Crippen molar-refractivity contribution in [3.8, 4) is 5.75 Å². The topological polar surface area (TPSA) is 58.7 Å². The predicted octanol–water partition coefficient (Wildman–Crippen LogP) is 2.16. The summed E-state index contributed by atoms with van der Waals surface area (Å²) in [5, 5.41) is 10.1. The zero-order valence-corrected chi connectivity index (χ0v) is 12.8. The number of halogens is 2. The summed E-state index contributed by atoms with van der Waals surface area (Å²) in [5.74, 6) is 0.732. The first-order valence-electron chi connectivity index (χ1n) is 6.80. The summed E-state index contributed by atoms with van der Waals surface area (Å²) in [6.45, 7) is 2.28. The Labute approximate surface area is 129 Å². The van der Waals surface area contributed by atoms with Crippen molar-refractivity contribution in [1.29, 1.82) is 0 Å². The number of nitrogens with zero attached hydrogens (tertiary/aromatic N) is 1. The van der Waals surface area contributed by atoms with E-state index in [0.717, 1.165) is 25.1 Å². The summed E-state index contributed by atoms with van der Waals surface area (Å²) in [6, 6.07) is 5.55. The molecule has 2 rings (SSSR count). The molecule has 1 saturated heterocycles. The normalized spacial score (nSPS) is 23.8. The molecule has 112 valence electrons. The Morgan fingerprint density at radius 1 is 1.35 bits per heavy atom. The monoisotopic (exact) mass is 318 g/mol. The highest BCUT2D eigenvalue weighted by atomic mass is 35.5. The van der Waals surface area contributed by atoms with E-state index in [9.17, 15) is 0 Å². The van der Waals surface area contributed by atoms with Gasteiger partial charge in [-0.3, -0.25) is 4.90 Å². The van der Waals surface area contributed by atoms with Crippen LogP contribution in [0.25, 0.3) is 0 Å². The number of aliphatic hydroxyl groups is 1. The Kier molecular flexibility index (Phi) is 5.93. The summed E-state index contributed by atoms with van der Waals surface area (Å²) in [6.07, 6.45) is 1.89. The lowest BCUT2D eigenvalue weighted by Crippen LogP contribution is -2.50. The molecule has 0 aromatic heterocycles. The highest BCUT2D eigenvalue weighted by Crippen LogP contribution is 2.28. The van der Waals surface area contributed by atoms with Crippen LogP contribution in [-0.4, -0.2) is 48.4 Å². The van der Waals surface area contributed by atoms with Crippen LogP contribution in [0.3, 0.4) is 0 Å². The molecule has 6 heteroatoms. The van der Waals surface area contributed by atoms with E-state index in [1.54, 1.807) is 12.1 Å². The molecule has 1 aromatic carbocycles. The zero-order chi connectivity index (χ0) is 14.5. The summed E-state index contributed by atoms with van der Waals surface area (Å²) >= 11 is 11.9. The van der Waals surface area contributed by atoms with Gasteiger partial charge in [0.05, 0.1) is 16.7 Å². The van der Waals surface area contributed by atoms with Crippen molar-refractivity contribution >= 4 is 23.2 Å². The van der Waals surface area contributed by atoms with Crippen LogP contribution in [0.5, 0.6) is 5.75 Å². The van der Waals surface area contributed by atoms with Crippen molar-refractivity contribution in [3.63, 3.8) is 0 Å². The summed E-state index contributed by atoms with van der Waals surface area (Å²) in [5.41, 5.74) is 5.81. The average molecular weight is 319 g/mol. The van der Waals surface area contributed by atoms with Crippen LogP contribution in [0, 0.1) is 0 Å². The third-order valence-corrected chi connectivity index (χ3v) is 4.38. The van der Waals surface area contributed by atoms with Crippen molar-refractivity contribution in [2.75, 3.05) is 26.2 Å². The number of likely N-dealkylation sites (tertiary alicyclic amines) is 1. The maximum absolute atomic E-state index is 9.05. The molecule has 0 radical (unpaired) electrons. The fraction of sp³-hybridized carbons (Fsp3) is 0.571. The van der Waals surface area contributed by atoms with Crippen molar-refractivity contribution in [2.24, 2.45) is 5.73 Å². The summed E-state index contributed by atoms with van der Waals surface area (Å²) in [7, 11) is 0. The molecular formula is C14H20Cl2N2O2. The van der Waals surface area contributed by atoms with E-state index >= 15 is 0 Å². The molecule has 4 nitrogen and oxygen atoms in total. The molecule has 0 spiro atoms. The summed E-state index contributed by atoms with van der Waals surface area (Å²) < 4.78 is 5.96. The van der Waals surface area contributed by atoms with Crippen molar-refractivity contribution in [1.82, 2.24) is 4.90 Å². The molecule has 1 aliphatic heterocycles. The molecule has 1 fully saturated rings. The third-order valence-electron chi connectivity index (χ3n) is 3.64. The van der Waals surface area contributed by atoms with E-state index in [2.05, 4.69) is 4.90 Å². The number of piperidine rings is 1. The molecule has 1 aromatic rings. The predicted molar refractivity (Wildman–Crippen MR) is 81.6 cm³/mol. The second-order valence-electron chi connectivity index (χ2n) is 4.99. The molecule has 0 amide bonds. The van der Waals surface area contributed by atoms with Gasteiger partial charge >= 0.3 is 0 Å². The molecule has 0 aliphatic carbocycles. The van der Waals surface area contributed by atoms with Crippen LogP contribution in [0.4, 0.5) is 0 Å². The highest BCUT2D eigenvalue weighted by molar-refractivity contribution is 6.42. The van der Waals surface area contributed by atoms with Gasteiger partial charge in [0.15, 0.2) is 0 Å². The van der Waals surface area contributed by atoms with Gasteiger partial charge in [0.25, 0.3) is 0 Å². The van der Waals surface area contributed by atoms with Gasteiger partial charge < -0.3 is 15.6 Å². The number of hydrogen-bond donors (Lipinski definition) is 2. The molecular weight excluding hydrogens is 299 g/mol. The number of benzene rings is 1. The second kappa shape index (κ2) is 7.48. The first-order valence-corrected chi connectivity index (χ1v) is 7.56. The minimum Gasteiger partial charge on any atom is -0.490 e. The Bertz CT molecular complexity index is 445. The lowest BCUT2D eigenvalue weighted by Gasteiger charge is -2.38. The standard InChI is InChI=1S/C14H20Cl2N2O2/c15-13-2-1-11(8-14(13)16)20-12-3-4-18(5-6-19)10(7-12)9-17/h1-2,8,10,12,19H,3-7,9,17H2/t10?,12-/m1/s1. The average Bonchev–Trinajstić information content (AvgIpc) is 2.45. The van der Waals surface area contributed by atoms with Crippen molar-refractivity contribution < 1.29 is 9.84 Å². The van der Waals surface area contributed by atoms with Gasteiger partial charge in [0, 0.05) is 38.2 Å². The fourth-order valence-electron chi connectivity index (χ4n) is 2.58. The van der Waals surface area contributed by atoms with E-state index < -0.39 is 0 Å². The van der Waals surface area contributed by atoms with Crippen LogP contribution in [0.1, 0.15) is 12.8 Å². The maximum Gasteiger partial charge on any atom is 0.121 e. The smallest absolute Gasteiger partial charge is 0.121 e. The van der Waals surface area contributed by atoms with E-state index in [4.69, 9.17) is 38.8 Å². The molecule has 1 unspecified atom stereocenters. The highest BCUT2D eigenvalue weighted by Gasteiger charge is 2.28. The van der Waals surface area contributed by atoms with Gasteiger partial charge in [0.2, 0.25) is 0 Å². The Hall–Kier alpha value is -0.520. The SMILES string of the molecule is NCC1C[C@H](Oc2ccc(Cl)c(Cl)c2)CCN1CCO. The zero-order valence-electron chi connectivity index (χ0n) is 11.3. The van der Waals surface area contributed by atoms with Crippen LogP contribution in [0.15, 0.2) is 18.2 Å². The first-order chi connectivity index (χ1) is 9.63. The van der Waals surface area contributed by atoms with Crippen molar-refractivity contribution in [3.05, 3.63) is 28.2 Å². The van der Waals surface area contributed by atoms with Crippen LogP contribution in [-0.2, 0) is 0 Å². The quantitative estimate of drug-likeness (QED) is 0.873. The van der Waals surface area contributed by atoms with Crippen LogP contribution < -0.4 is 10.5 Å². The molecule has 1 aliphatic rings. The molecule has 0 saturated carbocycles. The Morgan fingerprint density at radius 3 is 2.80 bits per heavy atom. The van der Waals surface area contributed by atoms with Crippen LogP contribution in [0.2, 0.25) is 10.0 Å². The number of hydrogen-bond acceptors (Lipinski definition) is 4. The van der Waals surface area contributed by atoms with E-state index in [0.29, 0.717) is 23.1 Å². The minimum atomic E-state index is 0.121. The van der Waals surface area contributed by atoms with Gasteiger partial charge in [-0.25, -0.2) is 0 Å². The maximum atomic E-state index is 9.05. The largest absolute Gasteiger partial charge is 0.490 e. The van der Waals surface area contributed by atoms with E-state index in [1.807, 2.05) is 6.07 Å². The van der Waals surface area contributed by atoms with Crippen LogP contribution >= 0.6 is 23.2 Å². The van der Waals surface area contributed by atoms with Gasteiger partial charge in [-0.1, -0.05) is 23.2 Å².